The van der Waals surface area contributed by atoms with E-state index in [2.05, 4.69) is 21.3 Å². The van der Waals surface area contributed by atoms with Crippen molar-refractivity contribution < 1.29 is 24.3 Å². The van der Waals surface area contributed by atoms with Gasteiger partial charge < -0.3 is 37.8 Å². The fraction of sp³-hybridized carbons (Fsp3) is 0.286. The topological polar surface area (TPSA) is 189 Å². The van der Waals surface area contributed by atoms with E-state index in [0.29, 0.717) is 12.0 Å². The van der Waals surface area contributed by atoms with Crippen molar-refractivity contribution in [3.8, 4) is 11.1 Å². The van der Waals surface area contributed by atoms with Crippen LogP contribution in [0.5, 0.6) is 0 Å². The second-order valence-corrected chi connectivity index (χ2v) is 9.05. The molecule has 0 aliphatic carbocycles. The Balaban J connectivity index is 1.65. The number of nitrogens with one attached hydrogen (secondary N) is 4. The zero-order chi connectivity index (χ0) is 28.4. The number of carboxylic acid groups (broad SMARTS) is 1. The van der Waals surface area contributed by atoms with Gasteiger partial charge in [-0.25, -0.2) is 4.79 Å². The molecule has 0 saturated carbocycles. The van der Waals surface area contributed by atoms with Crippen LogP contribution in [0.2, 0.25) is 0 Å². The van der Waals surface area contributed by atoms with Gasteiger partial charge in [0.2, 0.25) is 11.8 Å². The first-order chi connectivity index (χ1) is 18.7. The van der Waals surface area contributed by atoms with Crippen LogP contribution in [0.4, 0.5) is 10.5 Å². The van der Waals surface area contributed by atoms with E-state index in [9.17, 15) is 24.3 Å². The molecule has 0 saturated heterocycles. The normalized spacial score (nSPS) is 12.3. The molecule has 39 heavy (non-hydrogen) atoms. The molecule has 3 aromatic carbocycles. The molecule has 206 valence electrons. The van der Waals surface area contributed by atoms with E-state index >= 15 is 0 Å². The smallest absolute Gasteiger partial charge is 0.312 e. The van der Waals surface area contributed by atoms with Crippen molar-refractivity contribution in [2.24, 2.45) is 11.5 Å². The number of nitrogens with two attached hydrogens (primary N) is 2. The number of benzene rings is 3. The maximum Gasteiger partial charge on any atom is 0.312 e. The lowest BCUT2D eigenvalue weighted by Crippen LogP contribution is -2.45. The van der Waals surface area contributed by atoms with Gasteiger partial charge in [0, 0.05) is 24.7 Å². The number of hydrogen-bond acceptors (Lipinski definition) is 6. The number of hydrogen-bond donors (Lipinski definition) is 7. The summed E-state index contributed by atoms with van der Waals surface area (Å²) in [5, 5.41) is 22.3. The Bertz CT molecular complexity index is 1330. The van der Waals surface area contributed by atoms with Crippen LogP contribution in [0.1, 0.15) is 30.9 Å². The third-order valence-corrected chi connectivity index (χ3v) is 6.28. The number of rotatable bonds is 13. The molecule has 0 fully saturated rings. The van der Waals surface area contributed by atoms with Crippen molar-refractivity contribution in [3.63, 3.8) is 0 Å². The van der Waals surface area contributed by atoms with Crippen LogP contribution in [0.25, 0.3) is 21.9 Å². The number of anilines is 1. The second kappa shape index (κ2) is 13.8. The Kier molecular flexibility index (Phi) is 10.2. The van der Waals surface area contributed by atoms with Gasteiger partial charge in [-0.2, -0.15) is 0 Å². The zero-order valence-electron chi connectivity index (χ0n) is 21.7. The van der Waals surface area contributed by atoms with Crippen molar-refractivity contribution >= 4 is 40.3 Å². The van der Waals surface area contributed by atoms with E-state index in [0.717, 1.165) is 27.6 Å². The Morgan fingerprint density at radius 2 is 1.62 bits per heavy atom. The molecular weight excluding hydrogens is 500 g/mol. The van der Waals surface area contributed by atoms with Gasteiger partial charge in [0.05, 0.1) is 25.0 Å². The summed E-state index contributed by atoms with van der Waals surface area (Å²) >= 11 is 0. The van der Waals surface area contributed by atoms with Crippen molar-refractivity contribution in [1.82, 2.24) is 16.0 Å². The number of primary amides is 1. The molecule has 0 aliphatic rings. The Morgan fingerprint density at radius 1 is 0.923 bits per heavy atom. The van der Waals surface area contributed by atoms with E-state index in [-0.39, 0.29) is 25.9 Å². The predicted molar refractivity (Wildman–Crippen MR) is 150 cm³/mol. The van der Waals surface area contributed by atoms with E-state index in [1.165, 1.54) is 0 Å². The number of urea groups is 1. The van der Waals surface area contributed by atoms with Gasteiger partial charge in [-0.1, -0.05) is 54.6 Å². The minimum absolute atomic E-state index is 0.282. The minimum atomic E-state index is -1.08. The lowest BCUT2D eigenvalue weighted by atomic mass is 9.95. The fourth-order valence-corrected chi connectivity index (χ4v) is 4.30. The van der Waals surface area contributed by atoms with Crippen LogP contribution in [0.15, 0.2) is 60.7 Å². The first-order valence-electron chi connectivity index (χ1n) is 12.6. The van der Waals surface area contributed by atoms with Gasteiger partial charge in [-0.3, -0.25) is 14.4 Å². The highest BCUT2D eigenvalue weighted by Gasteiger charge is 2.20. The molecule has 4 amide bonds. The first-order valence-corrected chi connectivity index (χ1v) is 12.6. The minimum Gasteiger partial charge on any atom is -0.481 e. The van der Waals surface area contributed by atoms with Crippen molar-refractivity contribution in [3.05, 3.63) is 66.2 Å². The van der Waals surface area contributed by atoms with Gasteiger partial charge >= 0.3 is 12.0 Å². The van der Waals surface area contributed by atoms with E-state index in [1.54, 1.807) is 12.1 Å². The summed E-state index contributed by atoms with van der Waals surface area (Å²) in [6, 6.07) is 17.1. The first kappa shape index (κ1) is 28.9. The van der Waals surface area contributed by atoms with Crippen LogP contribution in [0.3, 0.4) is 0 Å². The molecule has 3 aromatic rings. The molecule has 1 unspecified atom stereocenters. The van der Waals surface area contributed by atoms with Gasteiger partial charge in [0.15, 0.2) is 0 Å². The van der Waals surface area contributed by atoms with Crippen LogP contribution in [0, 0.1) is 0 Å². The van der Waals surface area contributed by atoms with Crippen molar-refractivity contribution in [1.29, 1.82) is 0 Å². The van der Waals surface area contributed by atoms with Crippen molar-refractivity contribution in [2.75, 3.05) is 25.5 Å². The second-order valence-electron chi connectivity index (χ2n) is 9.05. The maximum atomic E-state index is 12.5. The molecule has 11 heteroatoms. The highest BCUT2D eigenvalue weighted by Crippen LogP contribution is 2.33. The summed E-state index contributed by atoms with van der Waals surface area (Å²) < 4.78 is 0. The summed E-state index contributed by atoms with van der Waals surface area (Å²) in [6.07, 6.45) is 0.399. The molecule has 0 radical (unpaired) electrons. The van der Waals surface area contributed by atoms with Crippen LogP contribution in [-0.4, -0.2) is 55.1 Å². The molecule has 0 aliphatic heterocycles. The fourth-order valence-electron chi connectivity index (χ4n) is 4.30. The third kappa shape index (κ3) is 8.17. The summed E-state index contributed by atoms with van der Waals surface area (Å²) in [7, 11) is 1.87. The quantitative estimate of drug-likeness (QED) is 0.163. The van der Waals surface area contributed by atoms with Crippen molar-refractivity contribution in [2.45, 2.75) is 31.3 Å². The molecule has 2 atom stereocenters. The molecular formula is C28H34N6O5. The van der Waals surface area contributed by atoms with Gasteiger partial charge in [0.1, 0.15) is 0 Å². The van der Waals surface area contributed by atoms with E-state index < -0.39 is 35.9 Å². The molecule has 9 N–H and O–H groups in total. The van der Waals surface area contributed by atoms with E-state index in [4.69, 9.17) is 11.5 Å². The number of aliphatic carboxylic acids is 1. The Labute approximate surface area is 226 Å². The molecule has 0 spiro atoms. The number of carbonyl (C=O) groups excluding carboxylic acids is 3. The highest BCUT2D eigenvalue weighted by atomic mass is 16.4. The maximum absolute atomic E-state index is 12.5. The van der Waals surface area contributed by atoms with Gasteiger partial charge in [-0.05, 0) is 41.0 Å². The third-order valence-electron chi connectivity index (χ3n) is 6.28. The molecule has 0 bridgehead atoms. The summed E-state index contributed by atoms with van der Waals surface area (Å²) in [5.41, 5.74) is 14.4. The summed E-state index contributed by atoms with van der Waals surface area (Å²) in [4.78, 5) is 46.9. The predicted octanol–water partition coefficient (Wildman–Crippen LogP) is 2.07. The largest absolute Gasteiger partial charge is 0.481 e. The zero-order valence-corrected chi connectivity index (χ0v) is 21.7. The van der Waals surface area contributed by atoms with Crippen LogP contribution >= 0.6 is 0 Å². The van der Waals surface area contributed by atoms with Gasteiger partial charge in [0.25, 0.3) is 0 Å². The molecule has 0 aromatic heterocycles. The SMILES string of the molecule is CNc1ccc(-c2ccc([C@H](CC(=O)O)NC(=O)CNC(=O)C(N)CCCNC(N)=O)cc2)c2ccccc12. The summed E-state index contributed by atoms with van der Waals surface area (Å²) in [5.74, 6) is -2.15. The highest BCUT2D eigenvalue weighted by molar-refractivity contribution is 6.03. The Hall–Kier alpha value is -4.64. The van der Waals surface area contributed by atoms with Gasteiger partial charge in [-0.15, -0.1) is 0 Å². The number of fused-ring (bicyclic) bond motifs is 1. The number of carboxylic acids is 1. The van der Waals surface area contributed by atoms with E-state index in [1.807, 2.05) is 55.6 Å². The lowest BCUT2D eigenvalue weighted by Gasteiger charge is -2.19. The van der Waals surface area contributed by atoms with Crippen LogP contribution in [-0.2, 0) is 14.4 Å². The molecule has 3 rings (SSSR count). The average Bonchev–Trinajstić information content (AvgIpc) is 2.92. The molecule has 0 heterocycles. The standard InChI is InChI=1S/C28H34N6O5/c1-31-23-13-12-19(20-5-2-3-6-21(20)23)17-8-10-18(11-9-17)24(15-26(36)37)34-25(35)16-33-27(38)22(29)7-4-14-32-28(30)39/h2-3,5-6,8-13,22,24,31H,4,7,14-16,29H2,1H3,(H,33,38)(H,34,35)(H,36,37)(H3,30,32,39)/t22?,24-/m0/s1. The summed E-state index contributed by atoms with van der Waals surface area (Å²) in [6.45, 7) is -0.0754. The van der Waals surface area contributed by atoms with Crippen LogP contribution < -0.4 is 32.7 Å². The monoisotopic (exact) mass is 534 g/mol. The molecule has 11 nitrogen and oxygen atoms in total. The lowest BCUT2D eigenvalue weighted by molar-refractivity contribution is -0.138. The average molecular weight is 535 g/mol. The number of carbonyl (C=O) groups is 4. The Morgan fingerprint density at radius 3 is 2.26 bits per heavy atom. The number of amides is 4.